The van der Waals surface area contributed by atoms with Gasteiger partial charge in [-0.25, -0.2) is 0 Å². The summed E-state index contributed by atoms with van der Waals surface area (Å²) in [5, 5.41) is 10.3. The monoisotopic (exact) mass is 341 g/mol. The predicted molar refractivity (Wildman–Crippen MR) is 98.9 cm³/mol. The van der Waals surface area contributed by atoms with Gasteiger partial charge in [0.05, 0.1) is 0 Å². The number of aryl methyl sites for hydroxylation is 1. The average Bonchev–Trinajstić information content (AvgIpc) is 2.47. The van der Waals surface area contributed by atoms with Gasteiger partial charge in [-0.05, 0) is 56.3 Å². The normalized spacial score (nSPS) is 20.2. The van der Waals surface area contributed by atoms with Crippen molar-refractivity contribution in [3.05, 3.63) is 29.3 Å². The molecule has 2 rings (SSSR count). The quantitative estimate of drug-likeness (QED) is 0.843. The van der Waals surface area contributed by atoms with Crippen LogP contribution < -0.4 is 4.74 Å². The van der Waals surface area contributed by atoms with Crippen LogP contribution in [0.3, 0.4) is 0 Å². The number of halogens is 1. The van der Waals surface area contributed by atoms with Crippen LogP contribution in [0.5, 0.6) is 5.75 Å². The number of β-amino-alcohol motifs (C(OH)–C–C–N with tert-alkyl or cyclic N) is 1. The summed E-state index contributed by atoms with van der Waals surface area (Å²) in [6, 6.07) is 6.90. The van der Waals surface area contributed by atoms with Crippen LogP contribution >= 0.6 is 12.4 Å². The van der Waals surface area contributed by atoms with Crippen molar-refractivity contribution in [3.8, 4) is 5.75 Å². The van der Waals surface area contributed by atoms with Gasteiger partial charge in [-0.15, -0.1) is 12.4 Å². The van der Waals surface area contributed by atoms with E-state index in [1.54, 1.807) is 0 Å². The van der Waals surface area contributed by atoms with Gasteiger partial charge in [-0.3, -0.25) is 4.90 Å². The Bertz CT molecular complexity index is 478. The number of aliphatic hydroxyl groups excluding tert-OH is 1. The SMILES string of the molecule is Cc1ccc(C(C)C)c(OCC(O)CN2CCCCC2C)c1.Cl. The van der Waals surface area contributed by atoms with Gasteiger partial charge in [-0.1, -0.05) is 32.4 Å². The molecular formula is C19H32ClNO2. The highest BCUT2D eigenvalue weighted by atomic mass is 35.5. The first-order valence-electron chi connectivity index (χ1n) is 8.63. The molecule has 0 amide bonds. The number of aliphatic hydroxyl groups is 1. The van der Waals surface area contributed by atoms with E-state index in [1.165, 1.54) is 30.4 Å². The molecule has 0 aromatic heterocycles. The van der Waals surface area contributed by atoms with E-state index >= 15 is 0 Å². The molecule has 1 fully saturated rings. The standard InChI is InChI=1S/C19H31NO2.ClH/c1-14(2)18-9-8-15(3)11-19(18)22-13-17(21)12-20-10-6-5-7-16(20)4;/h8-9,11,14,16-17,21H,5-7,10,12-13H2,1-4H3;1H. The molecule has 0 bridgehead atoms. The summed E-state index contributed by atoms with van der Waals surface area (Å²) >= 11 is 0. The number of nitrogens with zero attached hydrogens (tertiary/aromatic N) is 1. The maximum atomic E-state index is 10.3. The van der Waals surface area contributed by atoms with Crippen LogP contribution in [-0.4, -0.2) is 41.8 Å². The van der Waals surface area contributed by atoms with Gasteiger partial charge in [0.15, 0.2) is 0 Å². The zero-order valence-electron chi connectivity index (χ0n) is 14.9. The Morgan fingerprint density at radius 1 is 1.30 bits per heavy atom. The largest absolute Gasteiger partial charge is 0.491 e. The first-order valence-corrected chi connectivity index (χ1v) is 8.63. The van der Waals surface area contributed by atoms with Gasteiger partial charge in [0.2, 0.25) is 0 Å². The maximum absolute atomic E-state index is 10.3. The van der Waals surface area contributed by atoms with Crippen molar-refractivity contribution in [2.45, 2.75) is 65.0 Å². The molecule has 2 atom stereocenters. The summed E-state index contributed by atoms with van der Waals surface area (Å²) in [6.07, 6.45) is 3.36. The first-order chi connectivity index (χ1) is 10.5. The number of rotatable bonds is 6. The van der Waals surface area contributed by atoms with Crippen molar-refractivity contribution in [3.63, 3.8) is 0 Å². The third-order valence-electron chi connectivity index (χ3n) is 4.61. The summed E-state index contributed by atoms with van der Waals surface area (Å²) < 4.78 is 5.94. The lowest BCUT2D eigenvalue weighted by atomic mass is 10.0. The molecule has 0 aliphatic carbocycles. The molecular weight excluding hydrogens is 310 g/mol. The molecule has 3 nitrogen and oxygen atoms in total. The Morgan fingerprint density at radius 3 is 2.70 bits per heavy atom. The highest BCUT2D eigenvalue weighted by molar-refractivity contribution is 5.85. The predicted octanol–water partition coefficient (Wildman–Crippen LogP) is 4.15. The lowest BCUT2D eigenvalue weighted by Crippen LogP contribution is -2.43. The van der Waals surface area contributed by atoms with Gasteiger partial charge in [0.25, 0.3) is 0 Å². The Hall–Kier alpha value is -0.770. The minimum absolute atomic E-state index is 0. The van der Waals surface area contributed by atoms with E-state index < -0.39 is 6.10 Å². The van der Waals surface area contributed by atoms with Crippen molar-refractivity contribution < 1.29 is 9.84 Å². The molecule has 4 heteroatoms. The summed E-state index contributed by atoms with van der Waals surface area (Å²) in [7, 11) is 0. The molecule has 1 aliphatic heterocycles. The summed E-state index contributed by atoms with van der Waals surface area (Å²) in [4.78, 5) is 2.39. The van der Waals surface area contributed by atoms with E-state index in [-0.39, 0.29) is 12.4 Å². The first kappa shape index (κ1) is 20.3. The van der Waals surface area contributed by atoms with Gasteiger partial charge < -0.3 is 9.84 Å². The van der Waals surface area contributed by atoms with Crippen LogP contribution in [0.4, 0.5) is 0 Å². The minimum atomic E-state index is -0.430. The zero-order valence-corrected chi connectivity index (χ0v) is 15.7. The molecule has 1 N–H and O–H groups in total. The zero-order chi connectivity index (χ0) is 16.1. The highest BCUT2D eigenvalue weighted by Gasteiger charge is 2.21. The fourth-order valence-corrected chi connectivity index (χ4v) is 3.18. The molecule has 1 saturated heterocycles. The summed E-state index contributed by atoms with van der Waals surface area (Å²) in [5.41, 5.74) is 2.41. The Balaban J connectivity index is 0.00000264. The lowest BCUT2D eigenvalue weighted by Gasteiger charge is -2.34. The van der Waals surface area contributed by atoms with Crippen molar-refractivity contribution in [2.24, 2.45) is 0 Å². The van der Waals surface area contributed by atoms with Crippen LogP contribution in [0.2, 0.25) is 0 Å². The number of ether oxygens (including phenoxy) is 1. The fraction of sp³-hybridized carbons (Fsp3) is 0.684. The molecule has 0 spiro atoms. The summed E-state index contributed by atoms with van der Waals surface area (Å²) in [6.45, 7) is 10.8. The lowest BCUT2D eigenvalue weighted by molar-refractivity contribution is 0.0435. The Labute approximate surface area is 147 Å². The van der Waals surface area contributed by atoms with Crippen molar-refractivity contribution in [1.29, 1.82) is 0 Å². The summed E-state index contributed by atoms with van der Waals surface area (Å²) in [5.74, 6) is 1.34. The molecule has 23 heavy (non-hydrogen) atoms. The fourth-order valence-electron chi connectivity index (χ4n) is 3.18. The number of benzene rings is 1. The second-order valence-corrected chi connectivity index (χ2v) is 7.00. The number of piperidine rings is 1. The van der Waals surface area contributed by atoms with E-state index in [4.69, 9.17) is 4.74 Å². The van der Waals surface area contributed by atoms with Gasteiger partial charge in [0.1, 0.15) is 18.5 Å². The average molecular weight is 342 g/mol. The van der Waals surface area contributed by atoms with E-state index in [0.717, 1.165) is 12.3 Å². The molecule has 1 aromatic rings. The Morgan fingerprint density at radius 2 is 2.04 bits per heavy atom. The topological polar surface area (TPSA) is 32.7 Å². The van der Waals surface area contributed by atoms with Crippen LogP contribution in [0.1, 0.15) is 57.1 Å². The second kappa shape index (κ2) is 9.51. The van der Waals surface area contributed by atoms with Crippen LogP contribution in [0, 0.1) is 6.92 Å². The van der Waals surface area contributed by atoms with Gasteiger partial charge in [0, 0.05) is 12.6 Å². The van der Waals surface area contributed by atoms with E-state index in [0.29, 0.717) is 25.1 Å². The van der Waals surface area contributed by atoms with Crippen molar-refractivity contribution in [2.75, 3.05) is 19.7 Å². The third kappa shape index (κ3) is 5.98. The molecule has 0 saturated carbocycles. The minimum Gasteiger partial charge on any atom is -0.491 e. The smallest absolute Gasteiger partial charge is 0.123 e. The third-order valence-corrected chi connectivity index (χ3v) is 4.61. The maximum Gasteiger partial charge on any atom is 0.123 e. The molecule has 1 aliphatic rings. The van der Waals surface area contributed by atoms with E-state index in [2.05, 4.69) is 50.8 Å². The van der Waals surface area contributed by atoms with Crippen LogP contribution in [0.25, 0.3) is 0 Å². The number of likely N-dealkylation sites (tertiary alicyclic amines) is 1. The van der Waals surface area contributed by atoms with Gasteiger partial charge in [-0.2, -0.15) is 0 Å². The Kier molecular flexibility index (Phi) is 8.38. The highest BCUT2D eigenvalue weighted by Crippen LogP contribution is 2.27. The van der Waals surface area contributed by atoms with Crippen molar-refractivity contribution >= 4 is 12.4 Å². The van der Waals surface area contributed by atoms with Gasteiger partial charge >= 0.3 is 0 Å². The van der Waals surface area contributed by atoms with E-state index in [1.807, 2.05) is 0 Å². The van der Waals surface area contributed by atoms with Crippen molar-refractivity contribution in [1.82, 2.24) is 4.90 Å². The molecule has 1 heterocycles. The molecule has 1 aromatic carbocycles. The van der Waals surface area contributed by atoms with Crippen LogP contribution in [0.15, 0.2) is 18.2 Å². The van der Waals surface area contributed by atoms with E-state index in [9.17, 15) is 5.11 Å². The number of hydrogen-bond donors (Lipinski definition) is 1. The molecule has 132 valence electrons. The van der Waals surface area contributed by atoms with Crippen LogP contribution in [-0.2, 0) is 0 Å². The number of hydrogen-bond acceptors (Lipinski definition) is 3. The second-order valence-electron chi connectivity index (χ2n) is 7.00. The molecule has 0 radical (unpaired) electrons. The molecule has 2 unspecified atom stereocenters.